The van der Waals surface area contributed by atoms with E-state index in [1.54, 1.807) is 6.26 Å². The number of ether oxygens (including phenoxy) is 1. The number of nitrogens with zero attached hydrogens (tertiary/aromatic N) is 2. The van der Waals surface area contributed by atoms with Crippen molar-refractivity contribution in [1.29, 1.82) is 0 Å². The summed E-state index contributed by atoms with van der Waals surface area (Å²) in [6, 6.07) is 9.87. The zero-order valence-corrected chi connectivity index (χ0v) is 16.9. The number of hydrogen-bond acceptors (Lipinski definition) is 4. The Balaban J connectivity index is 1.90. The summed E-state index contributed by atoms with van der Waals surface area (Å²) in [6.45, 7) is 11.3. The molecule has 148 valence electrons. The van der Waals surface area contributed by atoms with Gasteiger partial charge in [0.15, 0.2) is 5.96 Å². The van der Waals surface area contributed by atoms with E-state index in [9.17, 15) is 0 Å². The van der Waals surface area contributed by atoms with Crippen molar-refractivity contribution in [1.82, 2.24) is 15.6 Å². The third-order valence-electron chi connectivity index (χ3n) is 4.16. The van der Waals surface area contributed by atoms with Crippen molar-refractivity contribution in [3.8, 4) is 11.5 Å². The van der Waals surface area contributed by atoms with Gasteiger partial charge in [0.1, 0.15) is 12.0 Å². The second kappa shape index (κ2) is 11.4. The molecular formula is C21H32N4O2. The number of oxazole rings is 1. The van der Waals surface area contributed by atoms with Crippen molar-refractivity contribution in [2.24, 2.45) is 10.9 Å². The Kier molecular flexibility index (Phi) is 8.84. The molecular weight excluding hydrogens is 340 g/mol. The molecule has 1 atom stereocenters. The van der Waals surface area contributed by atoms with Crippen LogP contribution in [-0.2, 0) is 11.3 Å². The molecule has 0 aliphatic carbocycles. The van der Waals surface area contributed by atoms with Gasteiger partial charge in [-0.2, -0.15) is 0 Å². The van der Waals surface area contributed by atoms with Crippen LogP contribution in [0, 0.1) is 5.92 Å². The summed E-state index contributed by atoms with van der Waals surface area (Å²) in [5, 5.41) is 6.64. The maximum Gasteiger partial charge on any atom is 0.226 e. The first-order valence-corrected chi connectivity index (χ1v) is 9.77. The van der Waals surface area contributed by atoms with Gasteiger partial charge in [-0.3, -0.25) is 0 Å². The number of nitrogens with one attached hydrogen (secondary N) is 2. The largest absolute Gasteiger partial charge is 0.444 e. The molecule has 1 unspecified atom stereocenters. The van der Waals surface area contributed by atoms with Crippen LogP contribution in [0.1, 0.15) is 39.8 Å². The highest BCUT2D eigenvalue weighted by atomic mass is 16.5. The summed E-state index contributed by atoms with van der Waals surface area (Å²) in [4.78, 5) is 9.13. The minimum atomic E-state index is 0.259. The van der Waals surface area contributed by atoms with Gasteiger partial charge in [0, 0.05) is 25.3 Å². The van der Waals surface area contributed by atoms with Crippen LogP contribution in [0.5, 0.6) is 0 Å². The molecule has 0 saturated carbocycles. The van der Waals surface area contributed by atoms with Crippen LogP contribution in [0.2, 0.25) is 0 Å². The first-order valence-electron chi connectivity index (χ1n) is 9.77. The molecule has 0 aliphatic rings. The third-order valence-corrected chi connectivity index (χ3v) is 4.16. The van der Waals surface area contributed by atoms with Gasteiger partial charge in [-0.1, -0.05) is 32.0 Å². The van der Waals surface area contributed by atoms with E-state index in [1.165, 1.54) is 0 Å². The van der Waals surface area contributed by atoms with Gasteiger partial charge >= 0.3 is 0 Å². The SMILES string of the molecule is CCNC(=NCc1coc(-c2ccccc2)n1)NCCC(OCC)C(C)C. The van der Waals surface area contributed by atoms with E-state index >= 15 is 0 Å². The Morgan fingerprint density at radius 1 is 1.19 bits per heavy atom. The highest BCUT2D eigenvalue weighted by Gasteiger charge is 2.13. The monoisotopic (exact) mass is 372 g/mol. The van der Waals surface area contributed by atoms with E-state index in [0.29, 0.717) is 18.4 Å². The molecule has 6 nitrogen and oxygen atoms in total. The van der Waals surface area contributed by atoms with Crippen molar-refractivity contribution in [2.45, 2.75) is 46.8 Å². The van der Waals surface area contributed by atoms with Crippen molar-refractivity contribution < 1.29 is 9.15 Å². The molecule has 0 saturated heterocycles. The lowest BCUT2D eigenvalue weighted by molar-refractivity contribution is 0.0258. The van der Waals surface area contributed by atoms with Crippen LogP contribution in [0.15, 0.2) is 46.0 Å². The Hall–Kier alpha value is -2.34. The molecule has 1 aromatic heterocycles. The Labute approximate surface area is 162 Å². The fourth-order valence-corrected chi connectivity index (χ4v) is 2.75. The predicted octanol–water partition coefficient (Wildman–Crippen LogP) is 3.85. The van der Waals surface area contributed by atoms with Crippen LogP contribution in [0.4, 0.5) is 0 Å². The van der Waals surface area contributed by atoms with Crippen molar-refractivity contribution in [3.05, 3.63) is 42.3 Å². The van der Waals surface area contributed by atoms with E-state index in [-0.39, 0.29) is 6.10 Å². The van der Waals surface area contributed by atoms with Crippen LogP contribution in [0.25, 0.3) is 11.5 Å². The van der Waals surface area contributed by atoms with Crippen LogP contribution in [0.3, 0.4) is 0 Å². The molecule has 0 amide bonds. The maximum absolute atomic E-state index is 5.80. The molecule has 0 aliphatic heterocycles. The van der Waals surface area contributed by atoms with Gasteiger partial charge < -0.3 is 19.8 Å². The Morgan fingerprint density at radius 3 is 2.63 bits per heavy atom. The Morgan fingerprint density at radius 2 is 1.96 bits per heavy atom. The molecule has 1 heterocycles. The maximum atomic E-state index is 5.80. The lowest BCUT2D eigenvalue weighted by Gasteiger charge is -2.21. The van der Waals surface area contributed by atoms with Gasteiger partial charge in [-0.15, -0.1) is 0 Å². The lowest BCUT2D eigenvalue weighted by atomic mass is 10.0. The van der Waals surface area contributed by atoms with E-state index in [2.05, 4.69) is 41.4 Å². The summed E-state index contributed by atoms with van der Waals surface area (Å²) < 4.78 is 11.4. The van der Waals surface area contributed by atoms with Gasteiger partial charge in [0.2, 0.25) is 5.89 Å². The van der Waals surface area contributed by atoms with E-state index in [0.717, 1.165) is 43.3 Å². The summed E-state index contributed by atoms with van der Waals surface area (Å²) in [6.07, 6.45) is 2.87. The van der Waals surface area contributed by atoms with Gasteiger partial charge in [-0.25, -0.2) is 9.98 Å². The summed E-state index contributed by atoms with van der Waals surface area (Å²) >= 11 is 0. The summed E-state index contributed by atoms with van der Waals surface area (Å²) in [7, 11) is 0. The third kappa shape index (κ3) is 7.06. The quantitative estimate of drug-likeness (QED) is 0.490. The van der Waals surface area contributed by atoms with Gasteiger partial charge in [0.25, 0.3) is 0 Å². The molecule has 1 aromatic carbocycles. The number of aromatic nitrogens is 1. The molecule has 0 spiro atoms. The lowest BCUT2D eigenvalue weighted by Crippen LogP contribution is -2.39. The van der Waals surface area contributed by atoms with Crippen LogP contribution < -0.4 is 10.6 Å². The minimum absolute atomic E-state index is 0.259. The van der Waals surface area contributed by atoms with E-state index < -0.39 is 0 Å². The zero-order chi connectivity index (χ0) is 19.5. The van der Waals surface area contributed by atoms with Crippen molar-refractivity contribution >= 4 is 5.96 Å². The minimum Gasteiger partial charge on any atom is -0.444 e. The average Bonchev–Trinajstić information content (AvgIpc) is 3.15. The fraction of sp³-hybridized carbons (Fsp3) is 0.524. The molecule has 0 fully saturated rings. The number of rotatable bonds is 10. The molecule has 6 heteroatoms. The number of aliphatic imine (C=N–C) groups is 1. The van der Waals surface area contributed by atoms with Crippen LogP contribution >= 0.6 is 0 Å². The molecule has 27 heavy (non-hydrogen) atoms. The number of guanidine groups is 1. The molecule has 0 radical (unpaired) electrons. The number of hydrogen-bond donors (Lipinski definition) is 2. The highest BCUT2D eigenvalue weighted by Crippen LogP contribution is 2.18. The smallest absolute Gasteiger partial charge is 0.226 e. The molecule has 2 N–H and O–H groups in total. The topological polar surface area (TPSA) is 71.7 Å². The van der Waals surface area contributed by atoms with E-state index in [4.69, 9.17) is 9.15 Å². The first kappa shape index (κ1) is 21.0. The standard InChI is InChI=1S/C21H32N4O2/c1-5-22-21(23-13-12-19(16(3)4)26-6-2)24-14-18-15-27-20(25-18)17-10-8-7-9-11-17/h7-11,15-16,19H,5-6,12-14H2,1-4H3,(H2,22,23,24). The number of benzene rings is 1. The van der Waals surface area contributed by atoms with Crippen LogP contribution in [-0.4, -0.2) is 36.7 Å². The van der Waals surface area contributed by atoms with Crippen molar-refractivity contribution in [3.63, 3.8) is 0 Å². The molecule has 0 bridgehead atoms. The second-order valence-electron chi connectivity index (χ2n) is 6.66. The zero-order valence-electron chi connectivity index (χ0n) is 16.9. The highest BCUT2D eigenvalue weighted by molar-refractivity contribution is 5.79. The van der Waals surface area contributed by atoms with Gasteiger partial charge in [-0.05, 0) is 38.3 Å². The van der Waals surface area contributed by atoms with Gasteiger partial charge in [0.05, 0.1) is 12.6 Å². The predicted molar refractivity (Wildman–Crippen MR) is 110 cm³/mol. The molecule has 2 rings (SSSR count). The molecule has 2 aromatic rings. The average molecular weight is 373 g/mol. The summed E-state index contributed by atoms with van der Waals surface area (Å²) in [5.74, 6) is 1.90. The fourth-order valence-electron chi connectivity index (χ4n) is 2.75. The first-order chi connectivity index (χ1) is 13.1. The van der Waals surface area contributed by atoms with Crippen molar-refractivity contribution in [2.75, 3.05) is 19.7 Å². The normalized spacial score (nSPS) is 13.0. The Bertz CT molecular complexity index is 682. The van der Waals surface area contributed by atoms with E-state index in [1.807, 2.05) is 37.3 Å². The summed E-state index contributed by atoms with van der Waals surface area (Å²) in [5.41, 5.74) is 1.77. The second-order valence-corrected chi connectivity index (χ2v) is 6.66.